The van der Waals surface area contributed by atoms with Gasteiger partial charge in [-0.15, -0.1) is 0 Å². The Morgan fingerprint density at radius 3 is 1.01 bits per heavy atom. The van der Waals surface area contributed by atoms with Crippen LogP contribution in [-0.4, -0.2) is 74.9 Å². The van der Waals surface area contributed by atoms with E-state index in [1.807, 2.05) is 21.1 Å². The van der Waals surface area contributed by atoms with Gasteiger partial charge >= 0.3 is 19.8 Å². The Morgan fingerprint density at radius 2 is 0.675 bits per heavy atom. The highest BCUT2D eigenvalue weighted by molar-refractivity contribution is 7.47. The molecule has 0 aliphatic carbocycles. The maximum Gasteiger partial charge on any atom is 0.472 e. The maximum absolute atomic E-state index is 12.9. The van der Waals surface area contributed by atoms with Crippen molar-refractivity contribution >= 4 is 19.8 Å². The van der Waals surface area contributed by atoms with Crippen LogP contribution >= 0.6 is 7.82 Å². The minimum atomic E-state index is -4.39. The Morgan fingerprint density at radius 1 is 0.388 bits per heavy atom. The van der Waals surface area contributed by atoms with Gasteiger partial charge in [0.2, 0.25) is 0 Å². The summed E-state index contributed by atoms with van der Waals surface area (Å²) in [6.45, 7) is 4.46. The van der Waals surface area contributed by atoms with Crippen molar-refractivity contribution in [2.45, 2.75) is 341 Å². The fourth-order valence-corrected chi connectivity index (χ4v) is 10.8. The molecule has 0 heterocycles. The van der Waals surface area contributed by atoms with Crippen LogP contribution in [0, 0.1) is 0 Å². The molecule has 0 bridgehead atoms. The molecule has 470 valence electrons. The first kappa shape index (κ1) is 78.0. The Kier molecular flexibility index (Phi) is 60.0. The minimum absolute atomic E-state index is 0.0306. The zero-order chi connectivity index (χ0) is 58.4. The highest BCUT2D eigenvalue weighted by Gasteiger charge is 2.27. The minimum Gasteiger partial charge on any atom is -0.462 e. The summed E-state index contributed by atoms with van der Waals surface area (Å²) in [5.74, 6) is -0.791. The van der Waals surface area contributed by atoms with E-state index in [0.717, 1.165) is 57.8 Å². The number of hydrogen-bond acceptors (Lipinski definition) is 7. The lowest BCUT2D eigenvalue weighted by molar-refractivity contribution is -0.870. The Bertz CT molecular complexity index is 1490. The number of quaternary nitrogens is 1. The quantitative estimate of drug-likeness (QED) is 0.0211. The molecule has 2 atom stereocenters. The lowest BCUT2D eigenvalue weighted by Crippen LogP contribution is -2.37. The summed E-state index contributed by atoms with van der Waals surface area (Å²) in [4.78, 5) is 35.8. The highest BCUT2D eigenvalue weighted by atomic mass is 31.2. The van der Waals surface area contributed by atoms with Crippen molar-refractivity contribution in [2.75, 3.05) is 47.5 Å². The number of esters is 2. The number of unbranched alkanes of at least 4 members (excludes halogenated alkanes) is 42. The van der Waals surface area contributed by atoms with E-state index in [2.05, 4.69) is 62.5 Å². The van der Waals surface area contributed by atoms with Gasteiger partial charge in [0, 0.05) is 12.8 Å². The van der Waals surface area contributed by atoms with Crippen LogP contribution in [-0.2, 0) is 32.7 Å². The van der Waals surface area contributed by atoms with Crippen LogP contribution in [0.15, 0.2) is 48.6 Å². The van der Waals surface area contributed by atoms with Gasteiger partial charge in [-0.1, -0.05) is 294 Å². The smallest absolute Gasteiger partial charge is 0.462 e. The zero-order valence-corrected chi connectivity index (χ0v) is 54.5. The molecule has 0 aromatic carbocycles. The van der Waals surface area contributed by atoms with Crippen molar-refractivity contribution in [3.05, 3.63) is 48.6 Å². The fourth-order valence-electron chi connectivity index (χ4n) is 10.0. The van der Waals surface area contributed by atoms with Crippen LogP contribution in [0.5, 0.6) is 0 Å². The maximum atomic E-state index is 12.9. The Balaban J connectivity index is 4.01. The topological polar surface area (TPSA) is 108 Å². The van der Waals surface area contributed by atoms with Crippen LogP contribution in [0.25, 0.3) is 0 Å². The first-order valence-corrected chi connectivity index (χ1v) is 35.9. The van der Waals surface area contributed by atoms with Crippen molar-refractivity contribution in [3.8, 4) is 0 Å². The van der Waals surface area contributed by atoms with Crippen molar-refractivity contribution in [1.82, 2.24) is 0 Å². The molecule has 2 unspecified atom stereocenters. The van der Waals surface area contributed by atoms with Gasteiger partial charge in [0.1, 0.15) is 19.8 Å². The van der Waals surface area contributed by atoms with E-state index in [4.69, 9.17) is 18.5 Å². The summed E-state index contributed by atoms with van der Waals surface area (Å²) >= 11 is 0. The molecule has 0 aliphatic rings. The Hall–Kier alpha value is -2.03. The van der Waals surface area contributed by atoms with Crippen LogP contribution < -0.4 is 0 Å². The molecule has 0 aromatic heterocycles. The number of allylic oxidation sites excluding steroid dienone is 8. The lowest BCUT2D eigenvalue weighted by atomic mass is 10.0. The van der Waals surface area contributed by atoms with Gasteiger partial charge in [-0.2, -0.15) is 0 Å². The predicted octanol–water partition coefficient (Wildman–Crippen LogP) is 22.1. The van der Waals surface area contributed by atoms with Gasteiger partial charge in [0.25, 0.3) is 0 Å². The fraction of sp³-hybridized carbons (Fsp3) is 0.857. The number of hydrogen-bond donors (Lipinski definition) is 1. The second-order valence-corrected chi connectivity index (χ2v) is 26.0. The molecule has 80 heavy (non-hydrogen) atoms. The summed E-state index contributed by atoms with van der Waals surface area (Å²) in [6, 6.07) is 0. The van der Waals surface area contributed by atoms with E-state index in [9.17, 15) is 19.0 Å². The summed E-state index contributed by atoms with van der Waals surface area (Å²) in [5, 5.41) is 0. The lowest BCUT2D eigenvalue weighted by Gasteiger charge is -2.24. The largest absolute Gasteiger partial charge is 0.472 e. The first-order chi connectivity index (χ1) is 39.0. The number of phosphoric acid groups is 1. The molecule has 0 saturated carbocycles. The second kappa shape index (κ2) is 61.5. The van der Waals surface area contributed by atoms with Crippen molar-refractivity contribution in [3.63, 3.8) is 0 Å². The third kappa shape index (κ3) is 65.1. The van der Waals surface area contributed by atoms with Crippen LogP contribution in [0.2, 0.25) is 0 Å². The summed E-state index contributed by atoms with van der Waals surface area (Å²) in [5.41, 5.74) is 0. The molecular formula is C70H133NO8P+. The van der Waals surface area contributed by atoms with E-state index >= 15 is 0 Å². The van der Waals surface area contributed by atoms with E-state index in [1.54, 1.807) is 0 Å². The SMILES string of the molecule is CCCCCCC/C=C\C/C=C\C/C=C\CCCCCCCCCCC(=O)OC(COC(=O)CCCCCCCCCCCCCCCCCCCCCCC/C=C\CCCCCCCCCC)COP(=O)(O)OCC[N+](C)(C)C. The first-order valence-electron chi connectivity index (χ1n) is 34.4. The number of likely N-dealkylation sites (N-methyl/N-ethyl adjacent to an activating group) is 1. The standard InChI is InChI=1S/C70H132NO8P/c1-6-8-10-12-14-16-18-20-22-24-26-28-30-31-32-33-34-35-36-37-38-39-41-42-44-46-48-50-52-54-56-58-60-62-69(72)76-66-68(67-78-80(74,75)77-65-64-71(3,4)5)79-70(73)63-61-59-57-55-53-51-49-47-45-43-40-29-27-25-23-21-19-17-15-13-11-9-7-2/h19,21,24-27,40,43,68H,6-18,20,22-23,28-39,41-42,44-67H2,1-5H3/p+1/b21-19-,26-24-,27-25-,43-40-. The second-order valence-electron chi connectivity index (χ2n) is 24.6. The zero-order valence-electron chi connectivity index (χ0n) is 53.6. The Labute approximate surface area is 496 Å². The van der Waals surface area contributed by atoms with Crippen molar-refractivity contribution in [2.24, 2.45) is 0 Å². The van der Waals surface area contributed by atoms with Crippen LogP contribution in [0.4, 0.5) is 0 Å². The average Bonchev–Trinajstić information content (AvgIpc) is 3.42. The highest BCUT2D eigenvalue weighted by Crippen LogP contribution is 2.43. The number of ether oxygens (including phenoxy) is 2. The third-order valence-corrected chi connectivity index (χ3v) is 16.3. The number of carbonyl (C=O) groups is 2. The molecule has 10 heteroatoms. The van der Waals surface area contributed by atoms with E-state index in [0.29, 0.717) is 23.9 Å². The van der Waals surface area contributed by atoms with Gasteiger partial charge in [0.15, 0.2) is 6.10 Å². The summed E-state index contributed by atoms with van der Waals surface area (Å²) in [6.07, 6.45) is 79.3. The van der Waals surface area contributed by atoms with Crippen LogP contribution in [0.1, 0.15) is 335 Å². The van der Waals surface area contributed by atoms with Gasteiger partial charge in [-0.25, -0.2) is 4.57 Å². The predicted molar refractivity (Wildman–Crippen MR) is 344 cm³/mol. The molecule has 0 radical (unpaired) electrons. The molecule has 9 nitrogen and oxygen atoms in total. The monoisotopic (exact) mass is 1150 g/mol. The molecule has 0 saturated heterocycles. The molecule has 0 aromatic rings. The molecule has 1 N–H and O–H groups in total. The number of carbonyl (C=O) groups excluding carboxylic acids is 2. The van der Waals surface area contributed by atoms with E-state index in [-0.39, 0.29) is 25.6 Å². The summed E-state index contributed by atoms with van der Waals surface area (Å²) < 4.78 is 34.7. The van der Waals surface area contributed by atoms with Gasteiger partial charge in [-0.05, 0) is 77.0 Å². The van der Waals surface area contributed by atoms with Crippen molar-refractivity contribution < 1.29 is 42.1 Å². The van der Waals surface area contributed by atoms with E-state index < -0.39 is 26.5 Å². The van der Waals surface area contributed by atoms with Gasteiger partial charge < -0.3 is 18.9 Å². The molecule has 0 amide bonds. The van der Waals surface area contributed by atoms with Gasteiger partial charge in [-0.3, -0.25) is 18.6 Å². The summed E-state index contributed by atoms with van der Waals surface area (Å²) in [7, 11) is 1.48. The average molecular weight is 1150 g/mol. The molecule has 0 fully saturated rings. The van der Waals surface area contributed by atoms with E-state index in [1.165, 1.54) is 244 Å². The third-order valence-electron chi connectivity index (χ3n) is 15.3. The number of rotatable bonds is 64. The normalized spacial score (nSPS) is 13.4. The van der Waals surface area contributed by atoms with Gasteiger partial charge in [0.05, 0.1) is 27.7 Å². The molecular weight excluding hydrogens is 1010 g/mol. The number of nitrogens with zero attached hydrogens (tertiary/aromatic N) is 1. The van der Waals surface area contributed by atoms with Crippen LogP contribution in [0.3, 0.4) is 0 Å². The molecule has 0 rings (SSSR count). The van der Waals surface area contributed by atoms with Crippen molar-refractivity contribution in [1.29, 1.82) is 0 Å². The molecule has 0 aliphatic heterocycles. The number of phosphoric ester groups is 1. The molecule has 0 spiro atoms.